The zero-order valence-electron chi connectivity index (χ0n) is 10.6. The molecule has 1 heterocycles. The highest BCUT2D eigenvalue weighted by Crippen LogP contribution is 2.23. The van der Waals surface area contributed by atoms with Crippen LogP contribution in [0.5, 0.6) is 5.75 Å². The molecule has 3 N–H and O–H groups in total. The maximum absolute atomic E-state index is 12.1. The van der Waals surface area contributed by atoms with Gasteiger partial charge in [0.2, 0.25) is 0 Å². The van der Waals surface area contributed by atoms with Gasteiger partial charge in [-0.15, -0.1) is 11.3 Å². The molecule has 0 amide bonds. The minimum atomic E-state index is -3.72. The fourth-order valence-corrected chi connectivity index (χ4v) is 3.74. The van der Waals surface area contributed by atoms with Crippen molar-refractivity contribution in [1.82, 2.24) is 0 Å². The highest BCUT2D eigenvalue weighted by atomic mass is 32.2. The van der Waals surface area contributed by atoms with Gasteiger partial charge in [-0.3, -0.25) is 4.72 Å². The maximum atomic E-state index is 12.1. The van der Waals surface area contributed by atoms with Gasteiger partial charge >= 0.3 is 6.61 Å². The van der Waals surface area contributed by atoms with E-state index in [9.17, 15) is 17.2 Å². The van der Waals surface area contributed by atoms with E-state index in [4.69, 9.17) is 5.73 Å². The minimum Gasteiger partial charge on any atom is -0.435 e. The molecular formula is C12H12F2N2O3S2. The summed E-state index contributed by atoms with van der Waals surface area (Å²) >= 11 is 1.25. The SMILES string of the molecule is NCc1cc(S(=O)(=O)Nc2ccc(OC(F)F)cc2)cs1. The first-order chi connectivity index (χ1) is 9.90. The monoisotopic (exact) mass is 334 g/mol. The van der Waals surface area contributed by atoms with E-state index in [0.717, 1.165) is 4.88 Å². The van der Waals surface area contributed by atoms with Crippen molar-refractivity contribution in [2.45, 2.75) is 18.1 Å². The summed E-state index contributed by atoms with van der Waals surface area (Å²) in [5, 5.41) is 1.48. The van der Waals surface area contributed by atoms with Crippen molar-refractivity contribution in [2.75, 3.05) is 4.72 Å². The van der Waals surface area contributed by atoms with Crippen molar-refractivity contribution in [1.29, 1.82) is 0 Å². The first-order valence-electron chi connectivity index (χ1n) is 5.76. The van der Waals surface area contributed by atoms with Gasteiger partial charge in [-0.2, -0.15) is 8.78 Å². The number of sulfonamides is 1. The van der Waals surface area contributed by atoms with E-state index >= 15 is 0 Å². The molecule has 0 radical (unpaired) electrons. The van der Waals surface area contributed by atoms with Gasteiger partial charge in [-0.1, -0.05) is 0 Å². The first-order valence-corrected chi connectivity index (χ1v) is 8.12. The lowest BCUT2D eigenvalue weighted by Gasteiger charge is -2.08. The van der Waals surface area contributed by atoms with Crippen molar-refractivity contribution in [2.24, 2.45) is 5.73 Å². The number of rotatable bonds is 6. The summed E-state index contributed by atoms with van der Waals surface area (Å²) in [5.74, 6) is -0.0473. The molecule has 0 atom stereocenters. The molecular weight excluding hydrogens is 322 g/mol. The molecule has 114 valence electrons. The highest BCUT2D eigenvalue weighted by Gasteiger charge is 2.16. The number of hydrogen-bond acceptors (Lipinski definition) is 5. The van der Waals surface area contributed by atoms with Crippen LogP contribution in [0.25, 0.3) is 0 Å². The van der Waals surface area contributed by atoms with E-state index in [0.29, 0.717) is 0 Å². The molecule has 0 spiro atoms. The molecule has 0 saturated carbocycles. The van der Waals surface area contributed by atoms with E-state index in [1.807, 2.05) is 0 Å². The first kappa shape index (κ1) is 15.7. The molecule has 2 rings (SSSR count). The average molecular weight is 334 g/mol. The fraction of sp³-hybridized carbons (Fsp3) is 0.167. The van der Waals surface area contributed by atoms with Gasteiger partial charge < -0.3 is 10.5 Å². The Morgan fingerprint density at radius 2 is 1.95 bits per heavy atom. The van der Waals surface area contributed by atoms with Crippen molar-refractivity contribution in [3.05, 3.63) is 40.6 Å². The van der Waals surface area contributed by atoms with Crippen LogP contribution in [-0.2, 0) is 16.6 Å². The number of nitrogens with one attached hydrogen (secondary N) is 1. The van der Waals surface area contributed by atoms with Crippen LogP contribution in [0.1, 0.15) is 4.88 Å². The van der Waals surface area contributed by atoms with Gasteiger partial charge in [0.1, 0.15) is 5.75 Å². The number of nitrogens with two attached hydrogens (primary N) is 1. The molecule has 0 fully saturated rings. The quantitative estimate of drug-likeness (QED) is 0.851. The molecule has 0 unspecified atom stereocenters. The smallest absolute Gasteiger partial charge is 0.387 e. The lowest BCUT2D eigenvalue weighted by atomic mass is 10.3. The van der Waals surface area contributed by atoms with E-state index in [-0.39, 0.29) is 22.9 Å². The van der Waals surface area contributed by atoms with Crippen LogP contribution in [0.2, 0.25) is 0 Å². The van der Waals surface area contributed by atoms with Crippen LogP contribution in [-0.4, -0.2) is 15.0 Å². The number of hydrogen-bond donors (Lipinski definition) is 2. The highest BCUT2D eigenvalue weighted by molar-refractivity contribution is 7.92. The Morgan fingerprint density at radius 3 is 2.48 bits per heavy atom. The molecule has 0 bridgehead atoms. The number of halogens is 2. The predicted molar refractivity (Wildman–Crippen MR) is 76.1 cm³/mol. The lowest BCUT2D eigenvalue weighted by Crippen LogP contribution is -2.12. The lowest BCUT2D eigenvalue weighted by molar-refractivity contribution is -0.0498. The normalized spacial score (nSPS) is 11.6. The Labute approximate surface area is 124 Å². The van der Waals surface area contributed by atoms with Crippen molar-refractivity contribution < 1.29 is 21.9 Å². The molecule has 2 aromatic rings. The number of thiophene rings is 1. The second-order valence-electron chi connectivity index (χ2n) is 3.96. The van der Waals surface area contributed by atoms with E-state index < -0.39 is 16.6 Å². The van der Waals surface area contributed by atoms with E-state index in [1.165, 1.54) is 47.0 Å². The second kappa shape index (κ2) is 6.37. The topological polar surface area (TPSA) is 81.4 Å². The Balaban J connectivity index is 2.13. The van der Waals surface area contributed by atoms with Gasteiger partial charge in [0.05, 0.1) is 4.90 Å². The van der Waals surface area contributed by atoms with Crippen LogP contribution in [0.4, 0.5) is 14.5 Å². The molecule has 0 aliphatic rings. The van der Waals surface area contributed by atoms with Crippen molar-refractivity contribution in [3.63, 3.8) is 0 Å². The molecule has 0 aliphatic heterocycles. The van der Waals surface area contributed by atoms with Crippen LogP contribution in [0.3, 0.4) is 0 Å². The zero-order chi connectivity index (χ0) is 15.5. The van der Waals surface area contributed by atoms with Crippen LogP contribution < -0.4 is 15.2 Å². The zero-order valence-corrected chi connectivity index (χ0v) is 12.3. The number of benzene rings is 1. The molecule has 21 heavy (non-hydrogen) atoms. The van der Waals surface area contributed by atoms with Crippen LogP contribution in [0.15, 0.2) is 40.6 Å². The second-order valence-corrected chi connectivity index (χ2v) is 6.64. The Hall–Kier alpha value is -1.71. The van der Waals surface area contributed by atoms with Gasteiger partial charge in [-0.05, 0) is 30.3 Å². The summed E-state index contributed by atoms with van der Waals surface area (Å²) in [4.78, 5) is 0.858. The molecule has 1 aromatic heterocycles. The maximum Gasteiger partial charge on any atom is 0.387 e. The van der Waals surface area contributed by atoms with Crippen LogP contribution in [0, 0.1) is 0 Å². The van der Waals surface area contributed by atoms with Gasteiger partial charge in [0.15, 0.2) is 0 Å². The summed E-state index contributed by atoms with van der Waals surface area (Å²) in [7, 11) is -3.72. The third-order valence-corrected chi connectivity index (χ3v) is 4.94. The van der Waals surface area contributed by atoms with Crippen molar-refractivity contribution in [3.8, 4) is 5.75 Å². The summed E-state index contributed by atoms with van der Waals surface area (Å²) in [5.41, 5.74) is 5.68. The average Bonchev–Trinajstić information content (AvgIpc) is 2.90. The standard InChI is InChI=1S/C12H12F2N2O3S2/c13-12(14)19-9-3-1-8(2-4-9)16-21(17,18)11-5-10(6-15)20-7-11/h1-5,7,12,16H,6,15H2. The van der Waals surface area contributed by atoms with E-state index in [1.54, 1.807) is 0 Å². The van der Waals surface area contributed by atoms with E-state index in [2.05, 4.69) is 9.46 Å². The minimum absolute atomic E-state index is 0.0473. The molecule has 0 saturated heterocycles. The van der Waals surface area contributed by atoms with Gasteiger partial charge in [0.25, 0.3) is 10.0 Å². The number of anilines is 1. The summed E-state index contributed by atoms with van der Waals surface area (Å²) in [6.45, 7) is -2.66. The third-order valence-electron chi connectivity index (χ3n) is 2.47. The molecule has 9 heteroatoms. The molecule has 5 nitrogen and oxygen atoms in total. The summed E-state index contributed by atoms with van der Waals surface area (Å²) in [6.07, 6.45) is 0. The van der Waals surface area contributed by atoms with Crippen LogP contribution >= 0.6 is 11.3 Å². The Bertz CT molecular complexity index is 700. The molecule has 1 aromatic carbocycles. The summed E-state index contributed by atoms with van der Waals surface area (Å²) in [6, 6.07) is 6.67. The predicted octanol–water partition coefficient (Wildman–Crippen LogP) is 2.61. The van der Waals surface area contributed by atoms with Gasteiger partial charge in [-0.25, -0.2) is 8.42 Å². The molecule has 0 aliphatic carbocycles. The Kier molecular flexibility index (Phi) is 4.76. The largest absolute Gasteiger partial charge is 0.435 e. The van der Waals surface area contributed by atoms with Crippen molar-refractivity contribution >= 4 is 27.0 Å². The summed E-state index contributed by atoms with van der Waals surface area (Å²) < 4.78 is 54.7. The fourth-order valence-electron chi connectivity index (χ4n) is 1.53. The van der Waals surface area contributed by atoms with Gasteiger partial charge in [0, 0.05) is 22.5 Å². The Morgan fingerprint density at radius 1 is 1.29 bits per heavy atom. The number of alkyl halides is 2. The number of ether oxygens (including phenoxy) is 1. The third kappa shape index (κ3) is 4.13.